The molecule has 3 aromatic carbocycles. The van der Waals surface area contributed by atoms with Crippen LogP contribution >= 0.6 is 0 Å². The summed E-state index contributed by atoms with van der Waals surface area (Å²) in [5, 5.41) is 7.16. The number of hydrogen-bond donors (Lipinski definition) is 1. The quantitative estimate of drug-likeness (QED) is 0.226. The molecule has 1 aromatic heterocycles. The first-order valence-corrected chi connectivity index (χ1v) is 15.0. The van der Waals surface area contributed by atoms with Crippen LogP contribution in [0.25, 0.3) is 22.4 Å². The number of aryl methyl sites for hydroxylation is 1. The van der Waals surface area contributed by atoms with Gasteiger partial charge in [-0.1, -0.05) is 78.8 Å². The zero-order valence-corrected chi connectivity index (χ0v) is 25.4. The van der Waals surface area contributed by atoms with Crippen LogP contribution in [-0.4, -0.2) is 54.8 Å². The molecule has 8 nitrogen and oxygen atoms in total. The van der Waals surface area contributed by atoms with Gasteiger partial charge < -0.3 is 19.5 Å². The van der Waals surface area contributed by atoms with Crippen LogP contribution in [0.15, 0.2) is 83.4 Å². The maximum absolute atomic E-state index is 13.5. The third-order valence-electron chi connectivity index (χ3n) is 8.15. The minimum atomic E-state index is -0.540. The second-order valence-corrected chi connectivity index (χ2v) is 11.2. The van der Waals surface area contributed by atoms with Crippen molar-refractivity contribution in [2.75, 3.05) is 37.0 Å². The Morgan fingerprint density at radius 1 is 1.02 bits per heavy atom. The van der Waals surface area contributed by atoms with E-state index in [0.717, 1.165) is 53.9 Å². The summed E-state index contributed by atoms with van der Waals surface area (Å²) in [6, 6.07) is 25.2. The molecular weight excluding hydrogens is 540 g/mol. The van der Waals surface area contributed by atoms with Crippen LogP contribution < -0.4 is 10.2 Å². The fourth-order valence-corrected chi connectivity index (χ4v) is 5.53. The highest BCUT2D eigenvalue weighted by molar-refractivity contribution is 6.04. The first-order chi connectivity index (χ1) is 20.9. The smallest absolute Gasteiger partial charge is 0.326 e. The predicted octanol–water partition coefficient (Wildman–Crippen LogP) is 7.19. The average molecular weight is 581 g/mol. The summed E-state index contributed by atoms with van der Waals surface area (Å²) >= 11 is 0. The summed E-state index contributed by atoms with van der Waals surface area (Å²) < 4.78 is 11.4. The molecule has 5 rings (SSSR count). The van der Waals surface area contributed by atoms with E-state index in [1.165, 1.54) is 0 Å². The van der Waals surface area contributed by atoms with Crippen molar-refractivity contribution < 1.29 is 18.8 Å². The lowest BCUT2D eigenvalue weighted by Crippen LogP contribution is -2.45. The summed E-state index contributed by atoms with van der Waals surface area (Å²) in [7, 11) is 1.73. The number of amides is 3. The van der Waals surface area contributed by atoms with Crippen molar-refractivity contribution in [3.8, 4) is 22.4 Å². The summed E-state index contributed by atoms with van der Waals surface area (Å²) in [6.07, 6.45) is 1.99. The van der Waals surface area contributed by atoms with Crippen molar-refractivity contribution in [3.05, 3.63) is 90.2 Å². The summed E-state index contributed by atoms with van der Waals surface area (Å²) in [4.78, 5) is 30.4. The van der Waals surface area contributed by atoms with Gasteiger partial charge in [-0.15, -0.1) is 0 Å². The molecule has 0 radical (unpaired) electrons. The molecule has 224 valence electrons. The second-order valence-electron chi connectivity index (χ2n) is 11.2. The van der Waals surface area contributed by atoms with Crippen molar-refractivity contribution in [2.45, 2.75) is 46.1 Å². The van der Waals surface area contributed by atoms with Gasteiger partial charge in [-0.3, -0.25) is 9.69 Å². The SMILES string of the molecule is CCOC(Cc1ccccc1-c1cccc(N(C)C(=O)Nc2c(-c3ccccc3)noc2C)c1)C(=O)N1CCC(C)CC1. The Balaban J connectivity index is 1.35. The minimum Gasteiger partial charge on any atom is -0.368 e. The molecule has 4 aromatic rings. The van der Waals surface area contributed by atoms with E-state index in [9.17, 15) is 9.59 Å². The number of urea groups is 1. The number of anilines is 2. The number of piperidine rings is 1. The molecule has 0 saturated carbocycles. The van der Waals surface area contributed by atoms with Gasteiger partial charge in [-0.2, -0.15) is 0 Å². The van der Waals surface area contributed by atoms with E-state index >= 15 is 0 Å². The third kappa shape index (κ3) is 6.97. The van der Waals surface area contributed by atoms with Crippen molar-refractivity contribution in [2.24, 2.45) is 5.92 Å². The number of ether oxygens (including phenoxy) is 1. The molecule has 1 fully saturated rings. The number of nitrogens with one attached hydrogen (secondary N) is 1. The number of nitrogens with zero attached hydrogens (tertiary/aromatic N) is 3. The maximum atomic E-state index is 13.5. The molecule has 1 N–H and O–H groups in total. The highest BCUT2D eigenvalue weighted by atomic mass is 16.5. The number of rotatable bonds is 9. The summed E-state index contributed by atoms with van der Waals surface area (Å²) in [5.74, 6) is 1.24. The molecule has 2 heterocycles. The van der Waals surface area contributed by atoms with E-state index in [-0.39, 0.29) is 11.9 Å². The standard InChI is InChI=1S/C35H40N4O4/c1-5-42-31(34(40)39-20-18-24(2)19-21-39)23-28-14-9-10-17-30(28)27-15-11-16-29(22-27)38(4)35(41)36-32-25(3)43-37-33(32)26-12-7-6-8-13-26/h6-17,22,24,31H,5,18-21,23H2,1-4H3,(H,36,41). The number of carbonyl (C=O) groups is 2. The number of carbonyl (C=O) groups excluding carboxylic acids is 2. The molecule has 1 saturated heterocycles. The largest absolute Gasteiger partial charge is 0.368 e. The average Bonchev–Trinajstić information content (AvgIpc) is 3.40. The number of likely N-dealkylation sites (tertiary alicyclic amines) is 1. The van der Waals surface area contributed by atoms with Crippen molar-refractivity contribution in [1.29, 1.82) is 0 Å². The molecule has 43 heavy (non-hydrogen) atoms. The maximum Gasteiger partial charge on any atom is 0.326 e. The first-order valence-electron chi connectivity index (χ1n) is 15.0. The van der Waals surface area contributed by atoms with Crippen LogP contribution in [0.1, 0.15) is 38.0 Å². The molecule has 3 amide bonds. The van der Waals surface area contributed by atoms with E-state index in [2.05, 4.69) is 29.5 Å². The monoisotopic (exact) mass is 580 g/mol. The third-order valence-corrected chi connectivity index (χ3v) is 8.15. The highest BCUT2D eigenvalue weighted by Gasteiger charge is 2.28. The molecule has 8 heteroatoms. The van der Waals surface area contributed by atoms with Crippen molar-refractivity contribution in [1.82, 2.24) is 10.1 Å². The Morgan fingerprint density at radius 3 is 2.47 bits per heavy atom. The van der Waals surface area contributed by atoms with Gasteiger partial charge in [0.2, 0.25) is 0 Å². The zero-order valence-electron chi connectivity index (χ0n) is 25.4. The van der Waals surface area contributed by atoms with Crippen molar-refractivity contribution >= 4 is 23.3 Å². The van der Waals surface area contributed by atoms with Gasteiger partial charge in [0.1, 0.15) is 17.5 Å². The summed E-state index contributed by atoms with van der Waals surface area (Å²) in [5.41, 5.74) is 5.68. The number of hydrogen-bond acceptors (Lipinski definition) is 5. The van der Waals surface area contributed by atoms with Crippen LogP contribution in [0.3, 0.4) is 0 Å². The van der Waals surface area contributed by atoms with Crippen molar-refractivity contribution in [3.63, 3.8) is 0 Å². The molecule has 1 atom stereocenters. The number of benzene rings is 3. The normalized spacial score (nSPS) is 14.4. The Morgan fingerprint density at radius 2 is 1.72 bits per heavy atom. The topological polar surface area (TPSA) is 87.9 Å². The van der Waals surface area contributed by atoms with Crippen LogP contribution in [-0.2, 0) is 16.0 Å². The molecule has 1 unspecified atom stereocenters. The van der Waals surface area contributed by atoms with Gasteiger partial charge in [-0.05, 0) is 61.4 Å². The van der Waals surface area contributed by atoms with Gasteiger partial charge in [0.15, 0.2) is 5.76 Å². The van der Waals surface area contributed by atoms with Crippen LogP contribution in [0, 0.1) is 12.8 Å². The second kappa shape index (κ2) is 13.7. The van der Waals surface area contributed by atoms with Crippen LogP contribution in [0.4, 0.5) is 16.2 Å². The lowest BCUT2D eigenvalue weighted by Gasteiger charge is -2.33. The van der Waals surface area contributed by atoms with Crippen LogP contribution in [0.5, 0.6) is 0 Å². The fraction of sp³-hybridized carbons (Fsp3) is 0.343. The minimum absolute atomic E-state index is 0.0626. The molecule has 1 aliphatic rings. The number of aromatic nitrogens is 1. The molecule has 0 spiro atoms. The Bertz CT molecular complexity index is 1540. The van der Waals surface area contributed by atoms with Gasteiger partial charge >= 0.3 is 6.03 Å². The highest BCUT2D eigenvalue weighted by Crippen LogP contribution is 2.32. The van der Waals surface area contributed by atoms with Gasteiger partial charge in [0, 0.05) is 44.4 Å². The zero-order chi connectivity index (χ0) is 30.3. The summed E-state index contributed by atoms with van der Waals surface area (Å²) in [6.45, 7) is 7.98. The molecule has 0 bridgehead atoms. The lowest BCUT2D eigenvalue weighted by molar-refractivity contribution is -0.144. The fourth-order valence-electron chi connectivity index (χ4n) is 5.53. The Hall–Kier alpha value is -4.43. The van der Waals surface area contributed by atoms with E-state index in [0.29, 0.717) is 36.1 Å². The van der Waals surface area contributed by atoms with Crippen LogP contribution in [0.2, 0.25) is 0 Å². The van der Waals surface area contributed by atoms with E-state index < -0.39 is 6.10 Å². The van der Waals surface area contributed by atoms with E-state index in [1.54, 1.807) is 18.9 Å². The first kappa shape index (κ1) is 30.0. The molecular formula is C35H40N4O4. The Labute approximate surface area is 253 Å². The molecule has 1 aliphatic heterocycles. The van der Waals surface area contributed by atoms with Gasteiger partial charge in [0.05, 0.1) is 0 Å². The van der Waals surface area contributed by atoms with Gasteiger partial charge in [0.25, 0.3) is 5.91 Å². The molecule has 0 aliphatic carbocycles. The van der Waals surface area contributed by atoms with E-state index in [1.807, 2.05) is 78.6 Å². The predicted molar refractivity (Wildman–Crippen MR) is 170 cm³/mol. The Kier molecular flexibility index (Phi) is 9.57. The lowest BCUT2D eigenvalue weighted by atomic mass is 9.94. The van der Waals surface area contributed by atoms with Gasteiger partial charge in [-0.25, -0.2) is 4.79 Å². The van der Waals surface area contributed by atoms with E-state index in [4.69, 9.17) is 9.26 Å².